The van der Waals surface area contributed by atoms with Crippen molar-refractivity contribution >= 4 is 0 Å². The van der Waals surface area contributed by atoms with E-state index in [1.807, 2.05) is 48.0 Å². The van der Waals surface area contributed by atoms with Crippen molar-refractivity contribution < 1.29 is 4.52 Å². The third-order valence-electron chi connectivity index (χ3n) is 2.95. The molecule has 0 spiro atoms. The van der Waals surface area contributed by atoms with Crippen LogP contribution in [0.1, 0.15) is 11.3 Å². The lowest BCUT2D eigenvalue weighted by molar-refractivity contribution is 0.421. The molecule has 0 aliphatic heterocycles. The van der Waals surface area contributed by atoms with Crippen LogP contribution in [0.4, 0.5) is 0 Å². The summed E-state index contributed by atoms with van der Waals surface area (Å²) in [6.07, 6.45) is 5.44. The average Bonchev–Trinajstić information content (AvgIpc) is 3.03. The first-order chi connectivity index (χ1) is 8.84. The van der Waals surface area contributed by atoms with Gasteiger partial charge in [0.05, 0.1) is 12.9 Å². The lowest BCUT2D eigenvalue weighted by Crippen LogP contribution is -1.98. The molecule has 0 aliphatic rings. The molecule has 4 nitrogen and oxygen atoms in total. The number of aromatic nitrogens is 3. The molecule has 90 valence electrons. The van der Waals surface area contributed by atoms with E-state index < -0.39 is 0 Å². The van der Waals surface area contributed by atoms with E-state index in [0.717, 1.165) is 22.6 Å². The number of nitrogens with zero attached hydrogens (tertiary/aromatic N) is 3. The van der Waals surface area contributed by atoms with Crippen LogP contribution in [0.5, 0.6) is 0 Å². The molecular weight excluding hydrogens is 226 g/mol. The third-order valence-corrected chi connectivity index (χ3v) is 2.95. The van der Waals surface area contributed by atoms with Crippen molar-refractivity contribution in [2.45, 2.75) is 13.5 Å². The monoisotopic (exact) mass is 239 g/mol. The minimum atomic E-state index is 0.683. The second kappa shape index (κ2) is 4.49. The Kier molecular flexibility index (Phi) is 2.68. The molecule has 0 saturated carbocycles. The summed E-state index contributed by atoms with van der Waals surface area (Å²) in [5.74, 6) is 0.839. The van der Waals surface area contributed by atoms with Gasteiger partial charge in [-0.25, -0.2) is 4.98 Å². The fourth-order valence-corrected chi connectivity index (χ4v) is 1.93. The Bertz CT molecular complexity index is 626. The second-order valence-electron chi connectivity index (χ2n) is 4.18. The van der Waals surface area contributed by atoms with Gasteiger partial charge in [0.1, 0.15) is 5.69 Å². The van der Waals surface area contributed by atoms with Gasteiger partial charge in [0.2, 0.25) is 0 Å². The first-order valence-electron chi connectivity index (χ1n) is 5.81. The van der Waals surface area contributed by atoms with E-state index in [-0.39, 0.29) is 0 Å². The molecule has 0 atom stereocenters. The zero-order valence-electron chi connectivity index (χ0n) is 10.1. The summed E-state index contributed by atoms with van der Waals surface area (Å²) in [6.45, 7) is 2.72. The Morgan fingerprint density at radius 3 is 2.78 bits per heavy atom. The Morgan fingerprint density at radius 1 is 1.22 bits per heavy atom. The van der Waals surface area contributed by atoms with Gasteiger partial charge in [-0.05, 0) is 6.92 Å². The number of rotatable bonds is 3. The highest BCUT2D eigenvalue weighted by atomic mass is 16.5. The Hall–Kier alpha value is -2.36. The smallest absolute Gasteiger partial charge is 0.170 e. The van der Waals surface area contributed by atoms with Crippen LogP contribution in [0.2, 0.25) is 0 Å². The van der Waals surface area contributed by atoms with E-state index in [1.54, 1.807) is 12.5 Å². The molecule has 0 unspecified atom stereocenters. The minimum absolute atomic E-state index is 0.683. The van der Waals surface area contributed by atoms with Crippen molar-refractivity contribution in [3.63, 3.8) is 0 Å². The first kappa shape index (κ1) is 10.8. The van der Waals surface area contributed by atoms with Crippen molar-refractivity contribution in [2.24, 2.45) is 0 Å². The van der Waals surface area contributed by atoms with Crippen LogP contribution in [0.3, 0.4) is 0 Å². The SMILES string of the molecule is Cc1c(Cn2ccnc2)noc1-c1ccccc1. The van der Waals surface area contributed by atoms with Gasteiger partial charge in [-0.2, -0.15) is 0 Å². The highest BCUT2D eigenvalue weighted by Crippen LogP contribution is 2.25. The molecular formula is C14H13N3O. The summed E-state index contributed by atoms with van der Waals surface area (Å²) in [4.78, 5) is 4.02. The maximum Gasteiger partial charge on any atom is 0.170 e. The van der Waals surface area contributed by atoms with Gasteiger partial charge < -0.3 is 9.09 Å². The number of hydrogen-bond donors (Lipinski definition) is 0. The molecule has 0 aliphatic carbocycles. The topological polar surface area (TPSA) is 43.9 Å². The molecule has 0 N–H and O–H groups in total. The molecule has 0 fully saturated rings. The number of imidazole rings is 1. The van der Waals surface area contributed by atoms with E-state index in [2.05, 4.69) is 10.1 Å². The van der Waals surface area contributed by atoms with Gasteiger partial charge in [-0.15, -0.1) is 0 Å². The van der Waals surface area contributed by atoms with Crippen LogP contribution in [0, 0.1) is 6.92 Å². The molecule has 2 aromatic heterocycles. The van der Waals surface area contributed by atoms with Crippen molar-refractivity contribution in [3.05, 3.63) is 60.3 Å². The van der Waals surface area contributed by atoms with E-state index in [9.17, 15) is 0 Å². The molecule has 3 aromatic rings. The molecule has 4 heteroatoms. The predicted octanol–water partition coefficient (Wildman–Crippen LogP) is 2.89. The maximum absolute atomic E-state index is 5.45. The molecule has 0 saturated heterocycles. The van der Waals surface area contributed by atoms with E-state index in [1.165, 1.54) is 0 Å². The molecule has 2 heterocycles. The molecule has 0 amide bonds. The predicted molar refractivity (Wildman–Crippen MR) is 68.0 cm³/mol. The van der Waals surface area contributed by atoms with Crippen LogP contribution >= 0.6 is 0 Å². The maximum atomic E-state index is 5.45. The van der Waals surface area contributed by atoms with Crippen molar-refractivity contribution in [3.8, 4) is 11.3 Å². The molecule has 18 heavy (non-hydrogen) atoms. The van der Waals surface area contributed by atoms with E-state index in [4.69, 9.17) is 4.52 Å². The normalized spacial score (nSPS) is 10.7. The quantitative estimate of drug-likeness (QED) is 0.705. The lowest BCUT2D eigenvalue weighted by atomic mass is 10.1. The summed E-state index contributed by atoms with van der Waals surface area (Å²) >= 11 is 0. The lowest BCUT2D eigenvalue weighted by Gasteiger charge is -1.99. The van der Waals surface area contributed by atoms with Gasteiger partial charge in [-0.1, -0.05) is 35.5 Å². The molecule has 0 radical (unpaired) electrons. The van der Waals surface area contributed by atoms with Gasteiger partial charge in [0, 0.05) is 23.5 Å². The molecule has 1 aromatic carbocycles. The number of benzene rings is 1. The first-order valence-corrected chi connectivity index (χ1v) is 5.81. The highest BCUT2D eigenvalue weighted by molar-refractivity contribution is 5.61. The molecule has 3 rings (SSSR count). The van der Waals surface area contributed by atoms with Crippen molar-refractivity contribution in [2.75, 3.05) is 0 Å². The van der Waals surface area contributed by atoms with Gasteiger partial charge >= 0.3 is 0 Å². The van der Waals surface area contributed by atoms with Gasteiger partial charge in [0.25, 0.3) is 0 Å². The Balaban J connectivity index is 1.93. The summed E-state index contributed by atoms with van der Waals surface area (Å²) in [5, 5.41) is 4.14. The van der Waals surface area contributed by atoms with Crippen LogP contribution in [0.15, 0.2) is 53.6 Å². The van der Waals surface area contributed by atoms with Crippen molar-refractivity contribution in [1.29, 1.82) is 0 Å². The fourth-order valence-electron chi connectivity index (χ4n) is 1.93. The summed E-state index contributed by atoms with van der Waals surface area (Å²) < 4.78 is 7.42. The standard InChI is InChI=1S/C14H13N3O/c1-11-13(9-17-8-7-15-10-17)16-18-14(11)12-5-3-2-4-6-12/h2-8,10H,9H2,1H3. The van der Waals surface area contributed by atoms with Crippen LogP contribution in [0.25, 0.3) is 11.3 Å². The second-order valence-corrected chi connectivity index (χ2v) is 4.18. The summed E-state index contributed by atoms with van der Waals surface area (Å²) in [5.41, 5.74) is 3.07. The van der Waals surface area contributed by atoms with Gasteiger partial charge in [0.15, 0.2) is 5.76 Å². The van der Waals surface area contributed by atoms with Gasteiger partial charge in [-0.3, -0.25) is 0 Å². The summed E-state index contributed by atoms with van der Waals surface area (Å²) in [7, 11) is 0. The number of hydrogen-bond acceptors (Lipinski definition) is 3. The zero-order valence-corrected chi connectivity index (χ0v) is 10.1. The fraction of sp³-hybridized carbons (Fsp3) is 0.143. The average molecular weight is 239 g/mol. The summed E-state index contributed by atoms with van der Waals surface area (Å²) in [6, 6.07) is 10.0. The van der Waals surface area contributed by atoms with Crippen molar-refractivity contribution in [1.82, 2.24) is 14.7 Å². The Labute approximate surface area is 105 Å². The van der Waals surface area contributed by atoms with Crippen LogP contribution in [-0.4, -0.2) is 14.7 Å². The van der Waals surface area contributed by atoms with Crippen LogP contribution in [-0.2, 0) is 6.54 Å². The minimum Gasteiger partial charge on any atom is -0.356 e. The van der Waals surface area contributed by atoms with Crippen LogP contribution < -0.4 is 0 Å². The largest absolute Gasteiger partial charge is 0.356 e. The molecule has 0 bridgehead atoms. The van der Waals surface area contributed by atoms with E-state index >= 15 is 0 Å². The van der Waals surface area contributed by atoms with E-state index in [0.29, 0.717) is 6.54 Å². The Morgan fingerprint density at radius 2 is 2.06 bits per heavy atom. The third kappa shape index (κ3) is 1.93. The zero-order chi connectivity index (χ0) is 12.4. The highest BCUT2D eigenvalue weighted by Gasteiger charge is 2.13.